The van der Waals surface area contributed by atoms with Gasteiger partial charge in [-0.15, -0.1) is 0 Å². The van der Waals surface area contributed by atoms with Crippen LogP contribution in [-0.2, 0) is 10.2 Å². The molecule has 2 unspecified atom stereocenters. The van der Waals surface area contributed by atoms with E-state index >= 15 is 0 Å². The molecule has 1 aromatic heterocycles. The van der Waals surface area contributed by atoms with Gasteiger partial charge in [-0.3, -0.25) is 0 Å². The standard InChI is InChI=1S/C11H19N3O2/c1-4-11(5-6-12-7-11)10-13-9(14-16-10)8(2)15-3/h8,12H,4-7H2,1-3H3. The number of methoxy groups -OCH3 is 1. The van der Waals surface area contributed by atoms with Crippen LogP contribution in [0.1, 0.15) is 44.5 Å². The van der Waals surface area contributed by atoms with Gasteiger partial charge < -0.3 is 14.6 Å². The molecule has 0 amide bonds. The Hall–Kier alpha value is -0.940. The van der Waals surface area contributed by atoms with Crippen molar-refractivity contribution >= 4 is 0 Å². The molecule has 0 radical (unpaired) electrons. The minimum Gasteiger partial charge on any atom is -0.374 e. The molecule has 16 heavy (non-hydrogen) atoms. The van der Waals surface area contributed by atoms with Crippen molar-refractivity contribution in [3.05, 3.63) is 11.7 Å². The maximum atomic E-state index is 5.38. The highest BCUT2D eigenvalue weighted by atomic mass is 16.5. The largest absolute Gasteiger partial charge is 0.374 e. The van der Waals surface area contributed by atoms with Gasteiger partial charge in [0.15, 0.2) is 5.82 Å². The zero-order valence-electron chi connectivity index (χ0n) is 10.1. The first-order valence-electron chi connectivity index (χ1n) is 5.79. The molecule has 1 saturated heterocycles. The molecule has 1 aromatic rings. The third-order valence-electron chi connectivity index (χ3n) is 3.53. The van der Waals surface area contributed by atoms with Gasteiger partial charge in [0.25, 0.3) is 0 Å². The first-order valence-corrected chi connectivity index (χ1v) is 5.79. The number of nitrogens with zero attached hydrogens (tertiary/aromatic N) is 2. The average molecular weight is 225 g/mol. The third kappa shape index (κ3) is 1.85. The summed E-state index contributed by atoms with van der Waals surface area (Å²) in [5.74, 6) is 1.39. The maximum Gasteiger partial charge on any atom is 0.234 e. The summed E-state index contributed by atoms with van der Waals surface area (Å²) in [5.41, 5.74) is 0.0265. The molecule has 5 heteroatoms. The Morgan fingerprint density at radius 2 is 2.44 bits per heavy atom. The quantitative estimate of drug-likeness (QED) is 0.839. The average Bonchev–Trinajstić information content (AvgIpc) is 2.96. The van der Waals surface area contributed by atoms with Crippen LogP contribution in [0, 0.1) is 0 Å². The fraction of sp³-hybridized carbons (Fsp3) is 0.818. The van der Waals surface area contributed by atoms with Gasteiger partial charge in [0.2, 0.25) is 5.89 Å². The van der Waals surface area contributed by atoms with Gasteiger partial charge >= 0.3 is 0 Å². The van der Waals surface area contributed by atoms with Crippen LogP contribution in [0.5, 0.6) is 0 Å². The highest BCUT2D eigenvalue weighted by molar-refractivity contribution is 5.10. The second kappa shape index (κ2) is 4.51. The number of rotatable bonds is 4. The van der Waals surface area contributed by atoms with Gasteiger partial charge in [0.1, 0.15) is 6.10 Å². The smallest absolute Gasteiger partial charge is 0.234 e. The van der Waals surface area contributed by atoms with Crippen molar-refractivity contribution in [2.24, 2.45) is 0 Å². The maximum absolute atomic E-state index is 5.38. The minimum absolute atomic E-state index is 0.0265. The Morgan fingerprint density at radius 1 is 1.62 bits per heavy atom. The van der Waals surface area contributed by atoms with Crippen LogP contribution in [0.4, 0.5) is 0 Å². The van der Waals surface area contributed by atoms with E-state index in [-0.39, 0.29) is 11.5 Å². The summed E-state index contributed by atoms with van der Waals surface area (Å²) >= 11 is 0. The second-order valence-electron chi connectivity index (χ2n) is 4.40. The van der Waals surface area contributed by atoms with E-state index in [0.29, 0.717) is 5.82 Å². The van der Waals surface area contributed by atoms with E-state index in [9.17, 15) is 0 Å². The molecule has 2 atom stereocenters. The van der Waals surface area contributed by atoms with E-state index in [1.807, 2.05) is 6.92 Å². The van der Waals surface area contributed by atoms with Crippen LogP contribution in [0.15, 0.2) is 4.52 Å². The van der Waals surface area contributed by atoms with Crippen molar-refractivity contribution in [1.82, 2.24) is 15.5 Å². The molecule has 0 saturated carbocycles. The van der Waals surface area contributed by atoms with Crippen molar-refractivity contribution in [2.45, 2.75) is 38.2 Å². The number of ether oxygens (including phenoxy) is 1. The topological polar surface area (TPSA) is 60.2 Å². The van der Waals surface area contributed by atoms with Crippen LogP contribution in [-0.4, -0.2) is 30.3 Å². The molecule has 2 rings (SSSR count). The lowest BCUT2D eigenvalue weighted by molar-refractivity contribution is 0.109. The van der Waals surface area contributed by atoms with Crippen molar-refractivity contribution < 1.29 is 9.26 Å². The lowest BCUT2D eigenvalue weighted by Crippen LogP contribution is -2.28. The molecule has 1 N–H and O–H groups in total. The summed E-state index contributed by atoms with van der Waals surface area (Å²) in [7, 11) is 1.65. The number of hydrogen-bond acceptors (Lipinski definition) is 5. The predicted octanol–water partition coefficient (Wildman–Crippen LogP) is 1.42. The second-order valence-corrected chi connectivity index (χ2v) is 4.40. The molecule has 2 heterocycles. The Bertz CT molecular complexity index is 345. The van der Waals surface area contributed by atoms with Gasteiger partial charge in [-0.05, 0) is 26.3 Å². The van der Waals surface area contributed by atoms with E-state index in [1.165, 1.54) is 0 Å². The molecule has 0 aliphatic carbocycles. The van der Waals surface area contributed by atoms with Gasteiger partial charge in [-0.25, -0.2) is 0 Å². The molecule has 0 aromatic carbocycles. The van der Waals surface area contributed by atoms with Gasteiger partial charge in [0.05, 0.1) is 5.41 Å². The summed E-state index contributed by atoms with van der Waals surface area (Å²) in [5, 5.41) is 7.34. The van der Waals surface area contributed by atoms with E-state index in [1.54, 1.807) is 7.11 Å². The fourth-order valence-corrected chi connectivity index (χ4v) is 2.10. The predicted molar refractivity (Wildman–Crippen MR) is 59.2 cm³/mol. The Balaban J connectivity index is 2.23. The number of hydrogen-bond donors (Lipinski definition) is 1. The zero-order valence-corrected chi connectivity index (χ0v) is 10.1. The van der Waals surface area contributed by atoms with Crippen LogP contribution in [0.2, 0.25) is 0 Å². The van der Waals surface area contributed by atoms with Crippen LogP contribution >= 0.6 is 0 Å². The van der Waals surface area contributed by atoms with E-state index < -0.39 is 0 Å². The summed E-state index contributed by atoms with van der Waals surface area (Å²) in [6.45, 7) is 6.02. The summed E-state index contributed by atoms with van der Waals surface area (Å²) in [4.78, 5) is 4.46. The number of nitrogens with one attached hydrogen (secondary N) is 1. The van der Waals surface area contributed by atoms with Crippen LogP contribution < -0.4 is 5.32 Å². The summed E-state index contributed by atoms with van der Waals surface area (Å²) in [6.07, 6.45) is 1.97. The summed E-state index contributed by atoms with van der Waals surface area (Å²) in [6, 6.07) is 0. The Labute approximate surface area is 95.6 Å². The minimum atomic E-state index is -0.110. The number of aromatic nitrogens is 2. The molecule has 1 aliphatic rings. The lowest BCUT2D eigenvalue weighted by atomic mass is 9.84. The molecule has 1 fully saturated rings. The highest BCUT2D eigenvalue weighted by Gasteiger charge is 2.39. The van der Waals surface area contributed by atoms with Crippen LogP contribution in [0.3, 0.4) is 0 Å². The fourth-order valence-electron chi connectivity index (χ4n) is 2.10. The van der Waals surface area contributed by atoms with Gasteiger partial charge in [-0.1, -0.05) is 12.1 Å². The molecule has 1 aliphatic heterocycles. The van der Waals surface area contributed by atoms with E-state index in [4.69, 9.17) is 9.26 Å². The molecular formula is C11H19N3O2. The van der Waals surface area contributed by atoms with E-state index in [0.717, 1.165) is 31.8 Å². The highest BCUT2D eigenvalue weighted by Crippen LogP contribution is 2.33. The normalized spacial score (nSPS) is 27.2. The molecule has 0 bridgehead atoms. The first-order chi connectivity index (χ1) is 7.72. The van der Waals surface area contributed by atoms with Gasteiger partial charge in [0, 0.05) is 13.7 Å². The monoisotopic (exact) mass is 225 g/mol. The van der Waals surface area contributed by atoms with Gasteiger partial charge in [-0.2, -0.15) is 4.98 Å². The first kappa shape index (κ1) is 11.5. The van der Waals surface area contributed by atoms with Crippen LogP contribution in [0.25, 0.3) is 0 Å². The van der Waals surface area contributed by atoms with Crippen molar-refractivity contribution in [3.8, 4) is 0 Å². The third-order valence-corrected chi connectivity index (χ3v) is 3.53. The van der Waals surface area contributed by atoms with Crippen molar-refractivity contribution in [1.29, 1.82) is 0 Å². The SMILES string of the molecule is CCC1(c2nc(C(C)OC)no2)CCNC1. The lowest BCUT2D eigenvalue weighted by Gasteiger charge is -2.20. The Morgan fingerprint density at radius 3 is 3.00 bits per heavy atom. The Kier molecular flexibility index (Phi) is 3.25. The van der Waals surface area contributed by atoms with Crippen molar-refractivity contribution in [2.75, 3.05) is 20.2 Å². The zero-order chi connectivity index (χ0) is 11.6. The molecule has 0 spiro atoms. The molecule has 90 valence electrons. The van der Waals surface area contributed by atoms with Crippen molar-refractivity contribution in [3.63, 3.8) is 0 Å². The summed E-state index contributed by atoms with van der Waals surface area (Å²) < 4.78 is 10.6. The molecule has 5 nitrogen and oxygen atoms in total. The van der Waals surface area contributed by atoms with E-state index in [2.05, 4.69) is 22.4 Å². The molecular weight excluding hydrogens is 206 g/mol.